The maximum absolute atomic E-state index is 7.81. The van der Waals surface area contributed by atoms with E-state index in [9.17, 15) is 0 Å². The molecule has 186 valence electrons. The van der Waals surface area contributed by atoms with Crippen molar-refractivity contribution in [3.05, 3.63) is 107 Å². The summed E-state index contributed by atoms with van der Waals surface area (Å²) < 4.78 is 1.46. The van der Waals surface area contributed by atoms with Crippen molar-refractivity contribution >= 4 is 46.3 Å². The Kier molecular flexibility index (Phi) is 7.23. The summed E-state index contributed by atoms with van der Waals surface area (Å²) in [4.78, 5) is 0. The average molecular weight is 619 g/mol. The van der Waals surface area contributed by atoms with Gasteiger partial charge >= 0.3 is 237 Å². The van der Waals surface area contributed by atoms with E-state index >= 15 is 0 Å². The van der Waals surface area contributed by atoms with Gasteiger partial charge in [0.05, 0.1) is 0 Å². The van der Waals surface area contributed by atoms with Crippen molar-refractivity contribution in [3.63, 3.8) is 0 Å². The molecule has 0 bridgehead atoms. The molecule has 4 aromatic carbocycles. The quantitative estimate of drug-likeness (QED) is 0.167. The van der Waals surface area contributed by atoms with Crippen molar-refractivity contribution in [2.75, 3.05) is 0 Å². The Morgan fingerprint density at radius 1 is 0.757 bits per heavy atom. The van der Waals surface area contributed by atoms with E-state index in [-0.39, 0.29) is 3.63 Å². The van der Waals surface area contributed by atoms with Crippen molar-refractivity contribution < 1.29 is 17.9 Å². The first-order valence-corrected chi connectivity index (χ1v) is 23.9. The molecular formula is C33H32Cl2SiZr. The van der Waals surface area contributed by atoms with E-state index in [4.69, 9.17) is 17.0 Å². The van der Waals surface area contributed by atoms with Crippen LogP contribution in [-0.2, 0) is 24.3 Å². The number of allylic oxidation sites excluding steroid dienone is 1. The number of hydrogen-bond donors (Lipinski definition) is 0. The number of hydrogen-bond acceptors (Lipinski definition) is 0. The predicted molar refractivity (Wildman–Crippen MR) is 163 cm³/mol. The van der Waals surface area contributed by atoms with E-state index < -0.39 is 27.4 Å². The summed E-state index contributed by atoms with van der Waals surface area (Å²) in [7, 11) is 15.0. The van der Waals surface area contributed by atoms with Gasteiger partial charge in [-0.2, -0.15) is 0 Å². The molecule has 1 unspecified atom stereocenters. The molecule has 37 heavy (non-hydrogen) atoms. The van der Waals surface area contributed by atoms with Crippen molar-refractivity contribution in [2.45, 2.75) is 43.2 Å². The van der Waals surface area contributed by atoms with Crippen molar-refractivity contribution in [2.24, 2.45) is 0 Å². The third-order valence-electron chi connectivity index (χ3n) is 8.07. The van der Waals surface area contributed by atoms with Gasteiger partial charge in [0.1, 0.15) is 0 Å². The minimum absolute atomic E-state index is 0.148. The molecule has 4 aromatic rings. The van der Waals surface area contributed by atoms with Gasteiger partial charge in [0.15, 0.2) is 0 Å². The van der Waals surface area contributed by atoms with Crippen molar-refractivity contribution in [1.29, 1.82) is 0 Å². The van der Waals surface area contributed by atoms with Crippen LogP contribution in [0.4, 0.5) is 0 Å². The van der Waals surface area contributed by atoms with Crippen LogP contribution in [0, 0.1) is 0 Å². The molecule has 1 aliphatic carbocycles. The van der Waals surface area contributed by atoms with Crippen LogP contribution >= 0.6 is 17.0 Å². The molecule has 1 aliphatic heterocycles. The summed E-state index contributed by atoms with van der Waals surface area (Å²) in [5.74, 6) is 0. The number of fused-ring (bicyclic) bond motifs is 4. The second-order valence-corrected chi connectivity index (χ2v) is 26.2. The summed E-state index contributed by atoms with van der Waals surface area (Å²) >= 11 is -3.92. The molecular weight excluding hydrogens is 587 g/mol. The Labute approximate surface area is 235 Å². The van der Waals surface area contributed by atoms with E-state index in [0.717, 1.165) is 25.7 Å². The number of halogens is 2. The van der Waals surface area contributed by atoms with Gasteiger partial charge in [0.25, 0.3) is 0 Å². The van der Waals surface area contributed by atoms with E-state index in [2.05, 4.69) is 105 Å². The van der Waals surface area contributed by atoms with Gasteiger partial charge in [-0.3, -0.25) is 0 Å². The topological polar surface area (TPSA) is 0 Å². The van der Waals surface area contributed by atoms with E-state index in [0.29, 0.717) is 0 Å². The minimum atomic E-state index is -3.92. The third kappa shape index (κ3) is 4.39. The van der Waals surface area contributed by atoms with Crippen molar-refractivity contribution in [1.82, 2.24) is 0 Å². The van der Waals surface area contributed by atoms with Crippen LogP contribution in [-0.4, -0.2) is 9.52 Å². The van der Waals surface area contributed by atoms with E-state index in [1.807, 2.05) is 0 Å². The molecule has 0 fully saturated rings. The van der Waals surface area contributed by atoms with Crippen LogP contribution in [0.5, 0.6) is 0 Å². The summed E-state index contributed by atoms with van der Waals surface area (Å²) in [6.45, 7) is 4.53. The zero-order valence-electron chi connectivity index (χ0n) is 21.5. The molecule has 1 heterocycles. The first-order chi connectivity index (χ1) is 18.0. The van der Waals surface area contributed by atoms with E-state index in [1.165, 1.54) is 58.2 Å². The molecule has 0 nitrogen and oxygen atoms in total. The Morgan fingerprint density at radius 2 is 1.49 bits per heavy atom. The molecule has 0 aromatic heterocycles. The Hall–Kier alpha value is -1.70. The third-order valence-corrected chi connectivity index (χ3v) is 22.4. The van der Waals surface area contributed by atoms with Gasteiger partial charge < -0.3 is 0 Å². The van der Waals surface area contributed by atoms with Crippen LogP contribution in [0.2, 0.25) is 0 Å². The molecule has 0 amide bonds. The Balaban J connectivity index is 1.53. The van der Waals surface area contributed by atoms with Crippen LogP contribution in [0.1, 0.15) is 53.4 Å². The Bertz CT molecular complexity index is 1510. The van der Waals surface area contributed by atoms with Crippen LogP contribution in [0.25, 0.3) is 28.3 Å². The van der Waals surface area contributed by atoms with Crippen LogP contribution in [0.3, 0.4) is 0 Å². The normalized spacial score (nSPS) is 16.4. The van der Waals surface area contributed by atoms with Gasteiger partial charge in [-0.15, -0.1) is 0 Å². The molecule has 0 saturated carbocycles. The fourth-order valence-electron chi connectivity index (χ4n) is 6.54. The summed E-state index contributed by atoms with van der Waals surface area (Å²) in [6, 6.07) is 31.3. The number of rotatable bonds is 7. The molecule has 2 aliphatic rings. The SMILES string of the molecule is CCCC1=Cc2c(ccc(CCC)c2-c2ccccc2)[CH]1[Zr]([Cl])([Cl])[c]1cccc2c1[SiH2]c1ccccc1-2. The van der Waals surface area contributed by atoms with Gasteiger partial charge in [0, 0.05) is 0 Å². The summed E-state index contributed by atoms with van der Waals surface area (Å²) in [6.07, 6.45) is 6.81. The van der Waals surface area contributed by atoms with Gasteiger partial charge in [-0.25, -0.2) is 0 Å². The molecule has 4 heteroatoms. The second-order valence-electron chi connectivity index (χ2n) is 10.4. The summed E-state index contributed by atoms with van der Waals surface area (Å²) in [5, 5.41) is 3.02. The first-order valence-electron chi connectivity index (χ1n) is 13.5. The summed E-state index contributed by atoms with van der Waals surface area (Å²) in [5.41, 5.74) is 11.0. The number of benzene rings is 4. The van der Waals surface area contributed by atoms with Crippen LogP contribution < -0.4 is 13.6 Å². The fraction of sp³-hybridized carbons (Fsp3) is 0.212. The average Bonchev–Trinajstić information content (AvgIpc) is 3.48. The monoisotopic (exact) mass is 616 g/mol. The molecule has 0 N–H and O–H groups in total. The number of aryl methyl sites for hydroxylation is 1. The van der Waals surface area contributed by atoms with Crippen molar-refractivity contribution in [3.8, 4) is 22.3 Å². The predicted octanol–water partition coefficient (Wildman–Crippen LogP) is 7.43. The Morgan fingerprint density at radius 3 is 2.27 bits per heavy atom. The second kappa shape index (κ2) is 10.5. The molecule has 1 atom stereocenters. The van der Waals surface area contributed by atoms with Gasteiger partial charge in [0.2, 0.25) is 0 Å². The first kappa shape index (κ1) is 25.6. The fourth-order valence-corrected chi connectivity index (χ4v) is 23.4. The molecule has 0 saturated heterocycles. The van der Waals surface area contributed by atoms with E-state index in [1.54, 1.807) is 0 Å². The van der Waals surface area contributed by atoms with Crippen LogP contribution in [0.15, 0.2) is 90.5 Å². The van der Waals surface area contributed by atoms with Gasteiger partial charge in [-0.05, 0) is 0 Å². The zero-order valence-corrected chi connectivity index (χ0v) is 26.9. The zero-order chi connectivity index (χ0) is 25.6. The standard InChI is InChI=1S/C21H23.C12H9Si.2ClH.Zr/c1-3-8-16-14-19-13-12-17(9-4-2)21(20(19)15-16)18-10-6-5-7-11-18;1-3-7-11-9(5-1)10-6-2-4-8-12(10)13-11;;;/h5-7,10-15H,3-4,8-9H2,1-2H3;1-7H,13H2;2*1H;/q;;;;+2/p-2. The van der Waals surface area contributed by atoms with Gasteiger partial charge in [-0.1, -0.05) is 0 Å². The maximum atomic E-state index is 7.81. The molecule has 0 spiro atoms. The molecule has 0 radical (unpaired) electrons. The molecule has 6 rings (SSSR count).